The fourth-order valence-corrected chi connectivity index (χ4v) is 7.97. The van der Waals surface area contributed by atoms with Gasteiger partial charge in [-0.25, -0.2) is 0 Å². The van der Waals surface area contributed by atoms with Gasteiger partial charge in [-0.2, -0.15) is 0 Å². The van der Waals surface area contributed by atoms with Gasteiger partial charge in [0.05, 0.1) is 0 Å². The van der Waals surface area contributed by atoms with Crippen molar-refractivity contribution in [2.24, 2.45) is 0 Å². The second kappa shape index (κ2) is 6.70. The van der Waals surface area contributed by atoms with Gasteiger partial charge in [-0.05, 0) is 30.8 Å². The number of carbonyl (C=O) groups excluding carboxylic acids is 1. The molecule has 6 heteroatoms. The largest absolute Gasteiger partial charge is 0.459 e. The first-order valence-corrected chi connectivity index (χ1v) is 10.5. The summed E-state index contributed by atoms with van der Waals surface area (Å²) in [5, 5.41) is -1.11. The number of rotatable bonds is 3. The van der Waals surface area contributed by atoms with Crippen LogP contribution in [0.3, 0.4) is 0 Å². The normalized spacial score (nSPS) is 13.7. The lowest BCUT2D eigenvalue weighted by Gasteiger charge is -2.44. The van der Waals surface area contributed by atoms with Crippen LogP contribution in [0, 0.1) is 0 Å². The van der Waals surface area contributed by atoms with Gasteiger partial charge in [0.1, 0.15) is 12.1 Å². The lowest BCUT2D eigenvalue weighted by Crippen LogP contribution is -2.62. The summed E-state index contributed by atoms with van der Waals surface area (Å²) in [6.45, 7) is 16.4. The first-order chi connectivity index (χ1) is 11.0. The quantitative estimate of drug-likeness (QED) is 0.461. The summed E-state index contributed by atoms with van der Waals surface area (Å²) in [7, 11) is -3.69. The van der Waals surface area contributed by atoms with E-state index in [1.54, 1.807) is 25.3 Å². The molecule has 1 heterocycles. The highest BCUT2D eigenvalue weighted by Crippen LogP contribution is 2.50. The second-order valence-corrected chi connectivity index (χ2v) is 14.5. The maximum atomic E-state index is 16.4. The molecule has 1 aromatic rings. The van der Waals surface area contributed by atoms with Gasteiger partial charge in [0.25, 0.3) is 8.41 Å². The van der Waals surface area contributed by atoms with Crippen molar-refractivity contribution in [1.29, 1.82) is 0 Å². The Bertz CT molecular complexity index is 676. The van der Waals surface area contributed by atoms with Crippen molar-refractivity contribution < 1.29 is 13.6 Å². The van der Waals surface area contributed by atoms with Crippen LogP contribution in [0.2, 0.25) is 10.1 Å². The summed E-state index contributed by atoms with van der Waals surface area (Å²) < 4.78 is 23.3. The van der Waals surface area contributed by atoms with Crippen molar-refractivity contribution >= 4 is 19.6 Å². The minimum Gasteiger partial charge on any atom is -0.459 e. The molecule has 0 atom stereocenters. The molecule has 0 spiro atoms. The first-order valence-electron chi connectivity index (χ1n) is 8.60. The molecule has 0 aliphatic heterocycles. The molecule has 0 amide bonds. The van der Waals surface area contributed by atoms with E-state index in [0.717, 1.165) is 0 Å². The highest BCUT2D eigenvalue weighted by molar-refractivity contribution is 6.90. The number of hydrogen-bond acceptors (Lipinski definition) is 3. The van der Waals surface area contributed by atoms with Crippen LogP contribution >= 0.6 is 0 Å². The molecule has 142 valence electrons. The van der Waals surface area contributed by atoms with E-state index in [4.69, 9.17) is 4.74 Å². The van der Waals surface area contributed by atoms with Crippen LogP contribution < -0.4 is 10.6 Å². The average Bonchev–Trinajstić information content (AvgIpc) is 2.35. The topological polar surface area (TPSA) is 48.3 Å². The second-order valence-electron chi connectivity index (χ2n) is 9.64. The number of nitrogens with zero attached hydrogens (tertiary/aromatic N) is 1. The number of aromatic nitrogens is 1. The van der Waals surface area contributed by atoms with Gasteiger partial charge in [0.2, 0.25) is 0 Å². The monoisotopic (exact) mass is 369 g/mol. The Kier molecular flexibility index (Phi) is 5.80. The highest BCUT2D eigenvalue weighted by Gasteiger charge is 2.58. The Labute approximate surface area is 151 Å². The van der Waals surface area contributed by atoms with Gasteiger partial charge in [0.15, 0.2) is 5.43 Å². The van der Waals surface area contributed by atoms with Crippen molar-refractivity contribution in [1.82, 2.24) is 4.57 Å². The fraction of sp³-hybridized carbons (Fsp3) is 0.684. The molecule has 0 unspecified atom stereocenters. The summed E-state index contributed by atoms with van der Waals surface area (Å²) in [6, 6.07) is 1.35. The van der Waals surface area contributed by atoms with Crippen LogP contribution in [-0.2, 0) is 16.1 Å². The predicted octanol–water partition coefficient (Wildman–Crippen LogP) is 3.91. The van der Waals surface area contributed by atoms with E-state index < -0.39 is 30.1 Å². The molecule has 0 aliphatic carbocycles. The molecule has 1 aromatic heterocycles. The van der Waals surface area contributed by atoms with Gasteiger partial charge < -0.3 is 13.4 Å². The SMILES string of the molecule is CC(C)(C)OC(=O)Cn1ccc(=O)c([Si](F)(C(C)(C)C)C(C)(C)C)c1. The zero-order valence-corrected chi connectivity index (χ0v) is 18.0. The van der Waals surface area contributed by atoms with Gasteiger partial charge in [-0.1, -0.05) is 41.5 Å². The lowest BCUT2D eigenvalue weighted by molar-refractivity contribution is -0.155. The van der Waals surface area contributed by atoms with E-state index in [1.807, 2.05) is 41.5 Å². The number of hydrogen-bond donors (Lipinski definition) is 0. The number of esters is 1. The number of pyridine rings is 1. The van der Waals surface area contributed by atoms with Gasteiger partial charge in [0, 0.05) is 23.6 Å². The zero-order valence-electron chi connectivity index (χ0n) is 17.0. The average molecular weight is 370 g/mol. The molecule has 0 fully saturated rings. The Balaban J connectivity index is 3.38. The van der Waals surface area contributed by atoms with E-state index in [2.05, 4.69) is 0 Å². The first kappa shape index (κ1) is 21.6. The Hall–Kier alpha value is -1.43. The third-order valence-corrected chi connectivity index (χ3v) is 9.40. The maximum absolute atomic E-state index is 16.4. The van der Waals surface area contributed by atoms with E-state index in [-0.39, 0.29) is 17.2 Å². The van der Waals surface area contributed by atoms with Crippen LogP contribution in [0.1, 0.15) is 62.3 Å². The number of carbonyl (C=O) groups is 1. The molecular weight excluding hydrogens is 337 g/mol. The minimum absolute atomic E-state index is 0.0523. The van der Waals surface area contributed by atoms with Crippen LogP contribution in [0.4, 0.5) is 4.11 Å². The summed E-state index contributed by atoms with van der Waals surface area (Å²) >= 11 is 0. The standard InChI is InChI=1S/C19H32FNO3Si/c1-17(2,3)24-16(23)13-21-11-10-14(22)15(12-21)25(20,18(4,5)6)19(7,8)9/h10-12H,13H2,1-9H3. The molecule has 0 saturated heterocycles. The van der Waals surface area contributed by atoms with Crippen molar-refractivity contribution in [3.8, 4) is 0 Å². The van der Waals surface area contributed by atoms with Crippen molar-refractivity contribution in [2.75, 3.05) is 0 Å². The predicted molar refractivity (Wildman–Crippen MR) is 102 cm³/mol. The van der Waals surface area contributed by atoms with Crippen LogP contribution in [0.25, 0.3) is 0 Å². The van der Waals surface area contributed by atoms with Crippen molar-refractivity contribution in [3.05, 3.63) is 28.7 Å². The third kappa shape index (κ3) is 4.81. The molecule has 0 N–H and O–H groups in total. The molecule has 0 radical (unpaired) electrons. The lowest BCUT2D eigenvalue weighted by atomic mass is 10.2. The summed E-state index contributed by atoms with van der Waals surface area (Å²) in [4.78, 5) is 24.6. The molecular formula is C19H32FNO3Si. The Morgan fingerprint density at radius 3 is 1.96 bits per heavy atom. The Morgan fingerprint density at radius 1 is 1.08 bits per heavy atom. The molecule has 1 rings (SSSR count). The van der Waals surface area contributed by atoms with Crippen molar-refractivity contribution in [2.45, 2.75) is 84.5 Å². The Morgan fingerprint density at radius 2 is 1.56 bits per heavy atom. The minimum atomic E-state index is -3.69. The molecule has 4 nitrogen and oxygen atoms in total. The van der Waals surface area contributed by atoms with Crippen LogP contribution in [0.15, 0.2) is 23.3 Å². The zero-order chi connectivity index (χ0) is 19.8. The smallest absolute Gasteiger partial charge is 0.326 e. The number of halogens is 1. The molecule has 0 aromatic carbocycles. The maximum Gasteiger partial charge on any atom is 0.326 e. The van der Waals surface area contributed by atoms with Crippen molar-refractivity contribution in [3.63, 3.8) is 0 Å². The van der Waals surface area contributed by atoms with Gasteiger partial charge >= 0.3 is 5.97 Å². The molecule has 0 bridgehead atoms. The van der Waals surface area contributed by atoms with Gasteiger partial charge in [-0.15, -0.1) is 0 Å². The van der Waals surface area contributed by atoms with Crippen LogP contribution in [-0.4, -0.2) is 24.5 Å². The van der Waals surface area contributed by atoms with Gasteiger partial charge in [-0.3, -0.25) is 9.59 Å². The summed E-state index contributed by atoms with van der Waals surface area (Å²) in [5.74, 6) is -0.417. The van der Waals surface area contributed by atoms with E-state index in [0.29, 0.717) is 0 Å². The van der Waals surface area contributed by atoms with E-state index in [9.17, 15) is 9.59 Å². The summed E-state index contributed by atoms with van der Waals surface area (Å²) in [5.41, 5.74) is -0.895. The molecule has 0 saturated carbocycles. The number of ether oxygens (including phenoxy) is 1. The van der Waals surface area contributed by atoms with Crippen LogP contribution in [0.5, 0.6) is 0 Å². The summed E-state index contributed by atoms with van der Waals surface area (Å²) in [6.07, 6.45) is 3.02. The highest BCUT2D eigenvalue weighted by atomic mass is 28.4. The van der Waals surface area contributed by atoms with E-state index in [1.165, 1.54) is 18.5 Å². The molecule has 0 aliphatic rings. The third-order valence-electron chi connectivity index (χ3n) is 4.15. The van der Waals surface area contributed by atoms with E-state index >= 15 is 4.11 Å². The fourth-order valence-electron chi connectivity index (χ4n) is 3.34. The molecule has 25 heavy (non-hydrogen) atoms.